The zero-order chi connectivity index (χ0) is 11.5. The maximum absolute atomic E-state index is 11.7. The summed E-state index contributed by atoms with van der Waals surface area (Å²) in [5.74, 6) is 0.731. The lowest BCUT2D eigenvalue weighted by Crippen LogP contribution is -2.39. The Bertz CT molecular complexity index is 281. The van der Waals surface area contributed by atoms with Crippen LogP contribution in [0.15, 0.2) is 11.1 Å². The second-order valence-electron chi connectivity index (χ2n) is 4.97. The summed E-state index contributed by atoms with van der Waals surface area (Å²) >= 11 is 3.24. The van der Waals surface area contributed by atoms with E-state index in [0.717, 1.165) is 4.48 Å². The Labute approximate surface area is 105 Å². The second-order valence-corrected chi connectivity index (χ2v) is 6.09. The van der Waals surface area contributed by atoms with Crippen LogP contribution in [0.25, 0.3) is 0 Å². The summed E-state index contributed by atoms with van der Waals surface area (Å²) < 4.78 is 0.825. The van der Waals surface area contributed by atoms with Crippen LogP contribution in [0.4, 0.5) is 0 Å². The molecule has 0 aromatic rings. The predicted octanol–water partition coefficient (Wildman–Crippen LogP) is 1.93. The van der Waals surface area contributed by atoms with Gasteiger partial charge in [-0.05, 0) is 31.6 Å². The molecule has 90 valence electrons. The molecule has 2 aliphatic rings. The number of piperidine rings is 1. The van der Waals surface area contributed by atoms with Crippen molar-refractivity contribution in [2.45, 2.75) is 44.2 Å². The molecular formula is C12H19BrN2O. The molecule has 2 rings (SSSR count). The van der Waals surface area contributed by atoms with Crippen LogP contribution < -0.4 is 10.6 Å². The fraction of sp³-hybridized carbons (Fsp3) is 0.750. The third-order valence-electron chi connectivity index (χ3n) is 3.52. The van der Waals surface area contributed by atoms with Crippen LogP contribution in [-0.2, 0) is 4.79 Å². The summed E-state index contributed by atoms with van der Waals surface area (Å²) in [5.41, 5.74) is 0. The largest absolute Gasteiger partial charge is 0.352 e. The van der Waals surface area contributed by atoms with Crippen molar-refractivity contribution in [1.29, 1.82) is 0 Å². The molecule has 2 fully saturated rings. The van der Waals surface area contributed by atoms with Gasteiger partial charge in [0.25, 0.3) is 0 Å². The predicted molar refractivity (Wildman–Crippen MR) is 68.4 cm³/mol. The molecule has 2 atom stereocenters. The molecule has 0 spiro atoms. The number of carbonyl (C=O) groups is 1. The van der Waals surface area contributed by atoms with Crippen LogP contribution in [-0.4, -0.2) is 24.5 Å². The quantitative estimate of drug-likeness (QED) is 0.829. The maximum Gasteiger partial charge on any atom is 0.220 e. The molecule has 3 nitrogen and oxygen atoms in total. The van der Waals surface area contributed by atoms with E-state index in [1.54, 1.807) is 0 Å². The molecule has 0 radical (unpaired) electrons. The number of carbonyl (C=O) groups excluding carboxylic acids is 1. The van der Waals surface area contributed by atoms with E-state index >= 15 is 0 Å². The molecule has 0 saturated carbocycles. The molecule has 2 N–H and O–H groups in total. The van der Waals surface area contributed by atoms with Gasteiger partial charge in [-0.25, -0.2) is 0 Å². The first-order chi connectivity index (χ1) is 7.63. The first kappa shape index (κ1) is 12.1. The summed E-state index contributed by atoms with van der Waals surface area (Å²) in [5, 5.41) is 6.46. The van der Waals surface area contributed by atoms with Gasteiger partial charge in [-0.3, -0.25) is 4.79 Å². The Morgan fingerprint density at radius 1 is 1.38 bits per heavy atom. The Hall–Kier alpha value is -0.350. The highest BCUT2D eigenvalue weighted by atomic mass is 79.9. The molecule has 4 heteroatoms. The fourth-order valence-corrected chi connectivity index (χ4v) is 3.01. The van der Waals surface area contributed by atoms with Gasteiger partial charge >= 0.3 is 0 Å². The SMILES string of the molecule is C=C(Br)CNC(=O)CC1CC2CCC(C1)N2. The van der Waals surface area contributed by atoms with Crippen molar-refractivity contribution in [1.82, 2.24) is 10.6 Å². The average Bonchev–Trinajstić information content (AvgIpc) is 2.55. The van der Waals surface area contributed by atoms with Gasteiger partial charge in [0, 0.05) is 29.5 Å². The average molecular weight is 287 g/mol. The Kier molecular flexibility index (Phi) is 4.03. The van der Waals surface area contributed by atoms with Gasteiger partial charge in [-0.2, -0.15) is 0 Å². The van der Waals surface area contributed by atoms with Crippen LogP contribution in [0.2, 0.25) is 0 Å². The van der Waals surface area contributed by atoms with Gasteiger partial charge in [-0.1, -0.05) is 22.5 Å². The number of hydrogen-bond donors (Lipinski definition) is 2. The van der Waals surface area contributed by atoms with Crippen molar-refractivity contribution < 1.29 is 4.79 Å². The molecular weight excluding hydrogens is 268 g/mol. The number of halogens is 1. The lowest BCUT2D eigenvalue weighted by Gasteiger charge is -2.28. The first-order valence-electron chi connectivity index (χ1n) is 5.99. The minimum absolute atomic E-state index is 0.159. The third-order valence-corrected chi connectivity index (χ3v) is 3.80. The number of fused-ring (bicyclic) bond motifs is 2. The molecule has 2 heterocycles. The molecule has 0 aromatic carbocycles. The lowest BCUT2D eigenvalue weighted by molar-refractivity contribution is -0.122. The minimum Gasteiger partial charge on any atom is -0.352 e. The molecule has 2 unspecified atom stereocenters. The van der Waals surface area contributed by atoms with Gasteiger partial charge < -0.3 is 10.6 Å². The highest BCUT2D eigenvalue weighted by molar-refractivity contribution is 9.11. The summed E-state index contributed by atoms with van der Waals surface area (Å²) in [6, 6.07) is 1.34. The molecule has 1 amide bonds. The fourth-order valence-electron chi connectivity index (χ4n) is 2.87. The first-order valence-corrected chi connectivity index (χ1v) is 6.79. The number of rotatable bonds is 4. The molecule has 0 aliphatic carbocycles. The zero-order valence-electron chi connectivity index (χ0n) is 9.47. The lowest BCUT2D eigenvalue weighted by atomic mass is 9.89. The van der Waals surface area contributed by atoms with Crippen molar-refractivity contribution in [2.24, 2.45) is 5.92 Å². The zero-order valence-corrected chi connectivity index (χ0v) is 11.1. The van der Waals surface area contributed by atoms with Crippen molar-refractivity contribution in [3.8, 4) is 0 Å². The summed E-state index contributed by atoms with van der Waals surface area (Å²) in [6.07, 6.45) is 5.59. The Morgan fingerprint density at radius 3 is 2.56 bits per heavy atom. The maximum atomic E-state index is 11.7. The standard InChI is InChI=1S/C12H19BrN2O/c1-8(13)7-14-12(16)6-9-4-10-2-3-11(5-9)15-10/h9-11,15H,1-7H2,(H,14,16). The van der Waals surface area contributed by atoms with E-state index in [4.69, 9.17) is 0 Å². The van der Waals surface area contributed by atoms with E-state index in [0.29, 0.717) is 31.0 Å². The molecule has 2 bridgehead atoms. The van der Waals surface area contributed by atoms with E-state index in [1.165, 1.54) is 25.7 Å². The monoisotopic (exact) mass is 286 g/mol. The van der Waals surface area contributed by atoms with Crippen molar-refractivity contribution >= 4 is 21.8 Å². The topological polar surface area (TPSA) is 41.1 Å². The van der Waals surface area contributed by atoms with Gasteiger partial charge in [0.15, 0.2) is 0 Å². The normalized spacial score (nSPS) is 32.4. The van der Waals surface area contributed by atoms with Gasteiger partial charge in [-0.15, -0.1) is 0 Å². The van der Waals surface area contributed by atoms with Gasteiger partial charge in [0.1, 0.15) is 0 Å². The molecule has 16 heavy (non-hydrogen) atoms. The third kappa shape index (κ3) is 3.32. The van der Waals surface area contributed by atoms with Gasteiger partial charge in [0.2, 0.25) is 5.91 Å². The molecule has 0 aromatic heterocycles. The van der Waals surface area contributed by atoms with Crippen LogP contribution >= 0.6 is 15.9 Å². The summed E-state index contributed by atoms with van der Waals surface area (Å²) in [7, 11) is 0. The van der Waals surface area contributed by atoms with Crippen molar-refractivity contribution in [2.75, 3.05) is 6.54 Å². The molecule has 2 aliphatic heterocycles. The second kappa shape index (κ2) is 5.32. The van der Waals surface area contributed by atoms with E-state index in [-0.39, 0.29) is 5.91 Å². The summed E-state index contributed by atoms with van der Waals surface area (Å²) in [4.78, 5) is 11.7. The number of nitrogens with one attached hydrogen (secondary N) is 2. The minimum atomic E-state index is 0.159. The van der Waals surface area contributed by atoms with Crippen molar-refractivity contribution in [3.05, 3.63) is 11.1 Å². The number of amides is 1. The Balaban J connectivity index is 1.73. The molecule has 2 saturated heterocycles. The van der Waals surface area contributed by atoms with E-state index in [1.807, 2.05) is 0 Å². The van der Waals surface area contributed by atoms with Crippen LogP contribution in [0.5, 0.6) is 0 Å². The van der Waals surface area contributed by atoms with Crippen LogP contribution in [0.1, 0.15) is 32.1 Å². The van der Waals surface area contributed by atoms with Crippen LogP contribution in [0.3, 0.4) is 0 Å². The number of hydrogen-bond acceptors (Lipinski definition) is 2. The smallest absolute Gasteiger partial charge is 0.220 e. The van der Waals surface area contributed by atoms with Crippen LogP contribution in [0, 0.1) is 5.92 Å². The van der Waals surface area contributed by atoms with E-state index in [2.05, 4.69) is 33.1 Å². The highest BCUT2D eigenvalue weighted by Gasteiger charge is 2.33. The van der Waals surface area contributed by atoms with E-state index < -0.39 is 0 Å². The van der Waals surface area contributed by atoms with Gasteiger partial charge in [0.05, 0.1) is 0 Å². The van der Waals surface area contributed by atoms with E-state index in [9.17, 15) is 4.79 Å². The van der Waals surface area contributed by atoms with Crippen molar-refractivity contribution in [3.63, 3.8) is 0 Å². The Morgan fingerprint density at radius 2 is 2.00 bits per heavy atom. The highest BCUT2D eigenvalue weighted by Crippen LogP contribution is 2.32. The summed E-state index contributed by atoms with van der Waals surface area (Å²) in [6.45, 7) is 4.24.